The van der Waals surface area contributed by atoms with Crippen LogP contribution in [-0.2, 0) is 11.2 Å². The van der Waals surface area contributed by atoms with Crippen molar-refractivity contribution in [1.29, 1.82) is 0 Å². The highest BCUT2D eigenvalue weighted by Gasteiger charge is 2.43. The van der Waals surface area contributed by atoms with Crippen molar-refractivity contribution in [3.63, 3.8) is 0 Å². The summed E-state index contributed by atoms with van der Waals surface area (Å²) in [6.45, 7) is 5.20. The molecule has 3 heteroatoms. The van der Waals surface area contributed by atoms with Gasteiger partial charge in [0.1, 0.15) is 0 Å². The van der Waals surface area contributed by atoms with E-state index < -0.39 is 0 Å². The van der Waals surface area contributed by atoms with E-state index >= 15 is 0 Å². The van der Waals surface area contributed by atoms with E-state index in [9.17, 15) is 4.79 Å². The molecule has 130 valence electrons. The summed E-state index contributed by atoms with van der Waals surface area (Å²) in [4.78, 5) is 17.2. The summed E-state index contributed by atoms with van der Waals surface area (Å²) in [5.41, 5.74) is 3.91. The second kappa shape index (κ2) is 7.01. The molecule has 4 rings (SSSR count). The number of hydrogen-bond donors (Lipinski definition) is 0. The zero-order valence-corrected chi connectivity index (χ0v) is 14.9. The Morgan fingerprint density at radius 1 is 1.08 bits per heavy atom. The number of carbonyl (C=O) groups excluding carboxylic acids is 1. The standard InChI is InChI=1S/C22H26N2O/c1-2-22(25)24-20-11-7-6-10-18(20)19-16-23(15-13-21(19)24)14-12-17-8-4-3-5-9-17/h3-11,19,21H,2,12-16H2,1H3. The molecule has 0 saturated carbocycles. The second-order valence-electron chi connectivity index (χ2n) is 7.17. The number of fused-ring (bicyclic) bond motifs is 3. The maximum absolute atomic E-state index is 12.5. The average Bonchev–Trinajstić information content (AvgIpc) is 3.00. The molecule has 0 bridgehead atoms. The van der Waals surface area contributed by atoms with E-state index in [1.807, 2.05) is 6.92 Å². The molecular formula is C22H26N2O. The molecule has 0 radical (unpaired) electrons. The Bertz CT molecular complexity index is 743. The molecular weight excluding hydrogens is 308 g/mol. The molecule has 1 amide bonds. The number of likely N-dealkylation sites (tertiary alicyclic amines) is 1. The van der Waals surface area contributed by atoms with Crippen molar-refractivity contribution in [2.75, 3.05) is 24.5 Å². The number of anilines is 1. The Morgan fingerprint density at radius 3 is 2.64 bits per heavy atom. The number of rotatable bonds is 4. The van der Waals surface area contributed by atoms with Crippen LogP contribution in [0.25, 0.3) is 0 Å². The van der Waals surface area contributed by atoms with Gasteiger partial charge in [-0.15, -0.1) is 0 Å². The number of hydrogen-bond acceptors (Lipinski definition) is 2. The number of piperidine rings is 1. The lowest BCUT2D eigenvalue weighted by molar-refractivity contribution is -0.118. The summed E-state index contributed by atoms with van der Waals surface area (Å²) in [5.74, 6) is 0.717. The van der Waals surface area contributed by atoms with Gasteiger partial charge in [-0.05, 0) is 30.0 Å². The van der Waals surface area contributed by atoms with Crippen LogP contribution in [0.3, 0.4) is 0 Å². The van der Waals surface area contributed by atoms with Crippen molar-refractivity contribution in [3.8, 4) is 0 Å². The SMILES string of the molecule is CCC(=O)N1c2ccccc2C2CN(CCc3ccccc3)CCC21. The van der Waals surface area contributed by atoms with E-state index in [1.165, 1.54) is 11.1 Å². The third kappa shape index (κ3) is 3.09. The smallest absolute Gasteiger partial charge is 0.226 e. The molecule has 0 aliphatic carbocycles. The van der Waals surface area contributed by atoms with Gasteiger partial charge < -0.3 is 9.80 Å². The topological polar surface area (TPSA) is 23.6 Å². The van der Waals surface area contributed by atoms with Crippen molar-refractivity contribution < 1.29 is 4.79 Å². The minimum absolute atomic E-state index is 0.262. The lowest BCUT2D eigenvalue weighted by Gasteiger charge is -2.38. The largest absolute Gasteiger partial charge is 0.308 e. The lowest BCUT2D eigenvalue weighted by atomic mass is 9.89. The molecule has 0 N–H and O–H groups in total. The molecule has 2 aromatic rings. The van der Waals surface area contributed by atoms with Crippen LogP contribution in [0.1, 0.15) is 36.8 Å². The van der Waals surface area contributed by atoms with E-state index in [0.29, 0.717) is 18.4 Å². The number of carbonyl (C=O) groups is 1. The van der Waals surface area contributed by atoms with Gasteiger partial charge in [0.05, 0.1) is 0 Å². The molecule has 2 aliphatic heterocycles. The van der Waals surface area contributed by atoms with Crippen LogP contribution in [-0.4, -0.2) is 36.5 Å². The molecule has 2 atom stereocenters. The molecule has 2 aromatic carbocycles. The predicted molar refractivity (Wildman–Crippen MR) is 102 cm³/mol. The molecule has 25 heavy (non-hydrogen) atoms. The Labute approximate surface area is 150 Å². The van der Waals surface area contributed by atoms with E-state index in [-0.39, 0.29) is 5.91 Å². The molecule has 3 nitrogen and oxygen atoms in total. The Balaban J connectivity index is 1.50. The van der Waals surface area contributed by atoms with Crippen molar-refractivity contribution in [2.45, 2.75) is 38.1 Å². The van der Waals surface area contributed by atoms with Crippen LogP contribution in [0, 0.1) is 0 Å². The van der Waals surface area contributed by atoms with Crippen molar-refractivity contribution in [2.24, 2.45) is 0 Å². The first kappa shape index (κ1) is 16.3. The van der Waals surface area contributed by atoms with Crippen LogP contribution in [0.15, 0.2) is 54.6 Å². The zero-order valence-electron chi connectivity index (χ0n) is 14.9. The quantitative estimate of drug-likeness (QED) is 0.848. The lowest BCUT2D eigenvalue weighted by Crippen LogP contribution is -2.48. The van der Waals surface area contributed by atoms with Crippen molar-refractivity contribution in [1.82, 2.24) is 4.90 Å². The first-order valence-corrected chi connectivity index (χ1v) is 9.45. The Kier molecular flexibility index (Phi) is 4.58. The Hall–Kier alpha value is -2.13. The van der Waals surface area contributed by atoms with Crippen molar-refractivity contribution >= 4 is 11.6 Å². The van der Waals surface area contributed by atoms with Crippen LogP contribution in [0.2, 0.25) is 0 Å². The normalized spacial score (nSPS) is 22.5. The predicted octanol–water partition coefficient (Wildman–Crippen LogP) is 3.84. The zero-order chi connectivity index (χ0) is 17.2. The Morgan fingerprint density at radius 2 is 1.84 bits per heavy atom. The van der Waals surface area contributed by atoms with Crippen LogP contribution >= 0.6 is 0 Å². The number of nitrogens with zero attached hydrogens (tertiary/aromatic N) is 2. The first-order chi connectivity index (χ1) is 12.3. The minimum Gasteiger partial charge on any atom is -0.308 e. The molecule has 2 unspecified atom stereocenters. The third-order valence-corrected chi connectivity index (χ3v) is 5.72. The molecule has 0 aromatic heterocycles. The first-order valence-electron chi connectivity index (χ1n) is 9.45. The highest BCUT2D eigenvalue weighted by molar-refractivity contribution is 5.96. The van der Waals surface area contributed by atoms with Crippen LogP contribution in [0.5, 0.6) is 0 Å². The molecule has 1 saturated heterocycles. The number of para-hydroxylation sites is 1. The van der Waals surface area contributed by atoms with E-state index in [4.69, 9.17) is 0 Å². The average molecular weight is 334 g/mol. The van der Waals surface area contributed by atoms with Crippen LogP contribution < -0.4 is 4.90 Å². The highest BCUT2D eigenvalue weighted by atomic mass is 16.2. The summed E-state index contributed by atoms with van der Waals surface area (Å²) in [5, 5.41) is 0. The highest BCUT2D eigenvalue weighted by Crippen LogP contribution is 2.44. The molecule has 0 spiro atoms. The van der Waals surface area contributed by atoms with Crippen molar-refractivity contribution in [3.05, 3.63) is 65.7 Å². The number of benzene rings is 2. The molecule has 2 heterocycles. The van der Waals surface area contributed by atoms with Gasteiger partial charge in [-0.25, -0.2) is 0 Å². The maximum atomic E-state index is 12.5. The van der Waals surface area contributed by atoms with E-state index in [2.05, 4.69) is 64.4 Å². The second-order valence-corrected chi connectivity index (χ2v) is 7.17. The minimum atomic E-state index is 0.262. The monoisotopic (exact) mass is 334 g/mol. The fraction of sp³-hybridized carbons (Fsp3) is 0.409. The van der Waals surface area contributed by atoms with E-state index in [1.54, 1.807) is 0 Å². The fourth-order valence-electron chi connectivity index (χ4n) is 4.45. The van der Waals surface area contributed by atoms with Gasteiger partial charge in [-0.3, -0.25) is 4.79 Å². The summed E-state index contributed by atoms with van der Waals surface area (Å²) in [6, 6.07) is 19.6. The van der Waals surface area contributed by atoms with Gasteiger partial charge in [-0.1, -0.05) is 55.5 Å². The van der Waals surface area contributed by atoms with Gasteiger partial charge in [0.25, 0.3) is 0 Å². The van der Waals surface area contributed by atoms with Gasteiger partial charge in [0.2, 0.25) is 5.91 Å². The van der Waals surface area contributed by atoms with Gasteiger partial charge in [-0.2, -0.15) is 0 Å². The molecule has 2 aliphatic rings. The fourth-order valence-corrected chi connectivity index (χ4v) is 4.45. The maximum Gasteiger partial charge on any atom is 0.226 e. The van der Waals surface area contributed by atoms with Gasteiger partial charge in [0, 0.05) is 43.7 Å². The number of amides is 1. The summed E-state index contributed by atoms with van der Waals surface area (Å²) in [7, 11) is 0. The summed E-state index contributed by atoms with van der Waals surface area (Å²) in [6.07, 6.45) is 2.74. The van der Waals surface area contributed by atoms with Gasteiger partial charge >= 0.3 is 0 Å². The van der Waals surface area contributed by atoms with Crippen LogP contribution in [0.4, 0.5) is 5.69 Å². The molecule has 1 fully saturated rings. The summed E-state index contributed by atoms with van der Waals surface area (Å²) >= 11 is 0. The van der Waals surface area contributed by atoms with E-state index in [0.717, 1.165) is 38.2 Å². The van der Waals surface area contributed by atoms with Gasteiger partial charge in [0.15, 0.2) is 0 Å². The third-order valence-electron chi connectivity index (χ3n) is 5.72. The summed E-state index contributed by atoms with van der Waals surface area (Å²) < 4.78 is 0.